The fourth-order valence-corrected chi connectivity index (χ4v) is 5.17. The standard InChI is InChI=1S/C30H32N6O2/c1-4-21(2)29-30-33-26(25-7-5-6-8-27(25)38-3)19-34(30)13-14-36(29)28(37)15-24-17-32-20-35(24)18-23-11-9-22(16-31)10-12-23/h5-12,17,19-21,29H,4,13-15,18H2,1-3H3. The topological polar surface area (TPSA) is 89.0 Å². The number of aromatic nitrogens is 4. The van der Waals surface area contributed by atoms with Crippen LogP contribution in [0.3, 0.4) is 0 Å². The van der Waals surface area contributed by atoms with E-state index in [-0.39, 0.29) is 24.3 Å². The zero-order chi connectivity index (χ0) is 26.6. The van der Waals surface area contributed by atoms with Gasteiger partial charge in [-0.3, -0.25) is 4.79 Å². The Morgan fingerprint density at radius 3 is 2.71 bits per heavy atom. The molecule has 2 aromatic carbocycles. The second-order valence-corrected chi connectivity index (χ2v) is 9.79. The molecule has 0 radical (unpaired) electrons. The first-order valence-electron chi connectivity index (χ1n) is 13.0. The number of fused-ring (bicyclic) bond motifs is 1. The van der Waals surface area contributed by atoms with Gasteiger partial charge < -0.3 is 18.8 Å². The molecule has 4 aromatic rings. The molecule has 0 N–H and O–H groups in total. The van der Waals surface area contributed by atoms with Gasteiger partial charge in [-0.15, -0.1) is 0 Å². The van der Waals surface area contributed by atoms with Gasteiger partial charge in [-0.2, -0.15) is 5.26 Å². The van der Waals surface area contributed by atoms with Crippen LogP contribution >= 0.6 is 0 Å². The molecule has 2 unspecified atom stereocenters. The minimum absolute atomic E-state index is 0.0740. The molecule has 3 heterocycles. The van der Waals surface area contributed by atoms with Gasteiger partial charge in [0.2, 0.25) is 5.91 Å². The minimum Gasteiger partial charge on any atom is -0.496 e. The highest BCUT2D eigenvalue weighted by molar-refractivity contribution is 5.79. The summed E-state index contributed by atoms with van der Waals surface area (Å²) in [5.41, 5.74) is 4.36. The molecule has 194 valence electrons. The summed E-state index contributed by atoms with van der Waals surface area (Å²) in [7, 11) is 1.67. The molecule has 1 aliphatic heterocycles. The van der Waals surface area contributed by atoms with Crippen molar-refractivity contribution in [2.24, 2.45) is 5.92 Å². The van der Waals surface area contributed by atoms with E-state index in [1.54, 1.807) is 19.6 Å². The lowest BCUT2D eigenvalue weighted by molar-refractivity contribution is -0.135. The van der Waals surface area contributed by atoms with Crippen molar-refractivity contribution in [2.45, 2.75) is 45.8 Å². The number of carbonyl (C=O) groups excluding carboxylic acids is 1. The zero-order valence-corrected chi connectivity index (χ0v) is 22.0. The maximum Gasteiger partial charge on any atom is 0.229 e. The summed E-state index contributed by atoms with van der Waals surface area (Å²) < 4.78 is 9.77. The molecule has 8 heteroatoms. The lowest BCUT2D eigenvalue weighted by Gasteiger charge is -2.39. The molecule has 0 fully saturated rings. The lowest BCUT2D eigenvalue weighted by Crippen LogP contribution is -2.45. The van der Waals surface area contributed by atoms with Crippen molar-refractivity contribution in [1.82, 2.24) is 24.0 Å². The van der Waals surface area contributed by atoms with Crippen LogP contribution in [0.2, 0.25) is 0 Å². The van der Waals surface area contributed by atoms with Crippen LogP contribution < -0.4 is 4.74 Å². The number of amides is 1. The van der Waals surface area contributed by atoms with Crippen LogP contribution in [0.25, 0.3) is 11.3 Å². The fourth-order valence-electron chi connectivity index (χ4n) is 5.17. The summed E-state index contributed by atoms with van der Waals surface area (Å²) in [6.07, 6.45) is 6.81. The molecule has 1 amide bonds. The number of nitrogens with zero attached hydrogens (tertiary/aromatic N) is 6. The molecule has 2 atom stereocenters. The van der Waals surface area contributed by atoms with Gasteiger partial charge in [0.15, 0.2) is 0 Å². The molecule has 0 saturated carbocycles. The van der Waals surface area contributed by atoms with E-state index in [9.17, 15) is 4.79 Å². The molecule has 38 heavy (non-hydrogen) atoms. The average Bonchev–Trinajstić information content (AvgIpc) is 3.59. The van der Waals surface area contributed by atoms with Crippen LogP contribution in [0.5, 0.6) is 5.75 Å². The molecule has 8 nitrogen and oxygen atoms in total. The summed E-state index contributed by atoms with van der Waals surface area (Å²) >= 11 is 0. The molecule has 2 aromatic heterocycles. The lowest BCUT2D eigenvalue weighted by atomic mass is 9.95. The highest BCUT2D eigenvalue weighted by atomic mass is 16.5. The molecule has 0 spiro atoms. The van der Waals surface area contributed by atoms with Gasteiger partial charge in [0, 0.05) is 43.3 Å². The minimum atomic E-state index is -0.111. The van der Waals surface area contributed by atoms with Gasteiger partial charge in [-0.25, -0.2) is 9.97 Å². The maximum atomic E-state index is 13.8. The van der Waals surface area contributed by atoms with Gasteiger partial charge in [0.1, 0.15) is 11.6 Å². The summed E-state index contributed by atoms with van der Waals surface area (Å²) in [5.74, 6) is 2.02. The first-order valence-corrected chi connectivity index (χ1v) is 13.0. The Kier molecular flexibility index (Phi) is 7.27. The van der Waals surface area contributed by atoms with E-state index in [1.807, 2.05) is 58.0 Å². The van der Waals surface area contributed by atoms with E-state index in [2.05, 4.69) is 35.7 Å². The number of nitriles is 1. The van der Waals surface area contributed by atoms with Crippen LogP contribution in [0.1, 0.15) is 49.0 Å². The smallest absolute Gasteiger partial charge is 0.229 e. The number of rotatable bonds is 8. The number of hydrogen-bond acceptors (Lipinski definition) is 5. The maximum absolute atomic E-state index is 13.8. The van der Waals surface area contributed by atoms with Crippen LogP contribution in [0.4, 0.5) is 0 Å². The third kappa shape index (κ3) is 4.92. The Balaban J connectivity index is 1.39. The second kappa shape index (κ2) is 10.9. The van der Waals surface area contributed by atoms with Crippen LogP contribution in [-0.4, -0.2) is 43.6 Å². The number of hydrogen-bond donors (Lipinski definition) is 0. The summed E-state index contributed by atoms with van der Waals surface area (Å²) in [4.78, 5) is 25.1. The second-order valence-electron chi connectivity index (χ2n) is 9.79. The highest BCUT2D eigenvalue weighted by Gasteiger charge is 2.36. The predicted molar refractivity (Wildman–Crippen MR) is 144 cm³/mol. The Bertz CT molecular complexity index is 1460. The van der Waals surface area contributed by atoms with E-state index in [0.29, 0.717) is 25.2 Å². The SMILES string of the molecule is CCC(C)C1c2nc(-c3ccccc3OC)cn2CCN1C(=O)Cc1cncn1Cc1ccc(C#N)cc1. The third-order valence-corrected chi connectivity index (χ3v) is 7.44. The van der Waals surface area contributed by atoms with Gasteiger partial charge in [0.25, 0.3) is 0 Å². The molecule has 0 bridgehead atoms. The number of carbonyl (C=O) groups is 1. The number of benzene rings is 2. The normalized spacial score (nSPS) is 15.5. The molecule has 1 aliphatic rings. The van der Waals surface area contributed by atoms with E-state index < -0.39 is 0 Å². The van der Waals surface area contributed by atoms with Crippen molar-refractivity contribution in [2.75, 3.05) is 13.7 Å². The first-order chi connectivity index (χ1) is 18.5. The Labute approximate surface area is 223 Å². The van der Waals surface area contributed by atoms with Gasteiger partial charge in [-0.1, -0.05) is 44.5 Å². The quantitative estimate of drug-likeness (QED) is 0.340. The van der Waals surface area contributed by atoms with Crippen molar-refractivity contribution < 1.29 is 9.53 Å². The summed E-state index contributed by atoms with van der Waals surface area (Å²) in [5, 5.41) is 9.06. The van der Waals surface area contributed by atoms with E-state index >= 15 is 0 Å². The Hall–Kier alpha value is -4.38. The monoisotopic (exact) mass is 508 g/mol. The van der Waals surface area contributed by atoms with Gasteiger partial charge in [-0.05, 0) is 35.7 Å². The molecule has 0 aliphatic carbocycles. The highest BCUT2D eigenvalue weighted by Crippen LogP contribution is 2.37. The fraction of sp³-hybridized carbons (Fsp3) is 0.333. The largest absolute Gasteiger partial charge is 0.496 e. The number of methoxy groups -OCH3 is 1. The molecule has 5 rings (SSSR count). The van der Waals surface area contributed by atoms with Crippen molar-refractivity contribution in [1.29, 1.82) is 5.26 Å². The third-order valence-electron chi connectivity index (χ3n) is 7.44. The molecular weight excluding hydrogens is 476 g/mol. The first kappa shape index (κ1) is 25.3. The summed E-state index contributed by atoms with van der Waals surface area (Å²) in [6, 6.07) is 17.4. The Morgan fingerprint density at radius 2 is 1.97 bits per heavy atom. The van der Waals surface area contributed by atoms with Crippen molar-refractivity contribution >= 4 is 5.91 Å². The van der Waals surface area contributed by atoms with Crippen molar-refractivity contribution in [3.05, 3.63) is 89.9 Å². The number of ether oxygens (including phenoxy) is 1. The van der Waals surface area contributed by atoms with Gasteiger partial charge in [0.05, 0.1) is 43.2 Å². The number of imidazole rings is 2. The van der Waals surface area contributed by atoms with Crippen LogP contribution in [0, 0.1) is 17.2 Å². The molecule has 0 saturated heterocycles. The number of para-hydroxylation sites is 1. The predicted octanol–water partition coefficient (Wildman–Crippen LogP) is 4.85. The average molecular weight is 509 g/mol. The van der Waals surface area contributed by atoms with Crippen LogP contribution in [0.15, 0.2) is 67.3 Å². The van der Waals surface area contributed by atoms with Crippen molar-refractivity contribution in [3.8, 4) is 23.1 Å². The van der Waals surface area contributed by atoms with E-state index in [4.69, 9.17) is 15.0 Å². The van der Waals surface area contributed by atoms with Gasteiger partial charge >= 0.3 is 0 Å². The zero-order valence-electron chi connectivity index (χ0n) is 22.0. The Morgan fingerprint density at radius 1 is 1.18 bits per heavy atom. The van der Waals surface area contributed by atoms with E-state index in [0.717, 1.165) is 40.5 Å². The van der Waals surface area contributed by atoms with E-state index in [1.165, 1.54) is 0 Å². The van der Waals surface area contributed by atoms with Crippen LogP contribution in [-0.2, 0) is 24.3 Å². The van der Waals surface area contributed by atoms with Crippen molar-refractivity contribution in [3.63, 3.8) is 0 Å². The molecular formula is C30H32N6O2. The summed E-state index contributed by atoms with van der Waals surface area (Å²) in [6.45, 7) is 6.26.